The van der Waals surface area contributed by atoms with E-state index in [0.29, 0.717) is 0 Å². The number of hydrogen-bond acceptors (Lipinski definition) is 3. The van der Waals surface area contributed by atoms with Crippen LogP contribution in [0.2, 0.25) is 0 Å². The molecule has 0 saturated carbocycles. The van der Waals surface area contributed by atoms with Crippen molar-refractivity contribution in [1.82, 2.24) is 0 Å². The van der Waals surface area contributed by atoms with Gasteiger partial charge in [0.15, 0.2) is 0 Å². The molecule has 0 aliphatic carbocycles. The lowest BCUT2D eigenvalue weighted by atomic mass is 9.97. The van der Waals surface area contributed by atoms with E-state index in [9.17, 15) is 18.7 Å². The summed E-state index contributed by atoms with van der Waals surface area (Å²) in [6.07, 6.45) is -2.90. The fraction of sp³-hybridized carbons (Fsp3) is 0.364. The van der Waals surface area contributed by atoms with E-state index in [-0.39, 0.29) is 11.3 Å². The highest BCUT2D eigenvalue weighted by Crippen LogP contribution is 2.38. The fourth-order valence-electron chi connectivity index (χ4n) is 1.40. The van der Waals surface area contributed by atoms with Crippen molar-refractivity contribution in [3.8, 4) is 11.5 Å². The van der Waals surface area contributed by atoms with Gasteiger partial charge in [0.1, 0.15) is 11.5 Å². The second-order valence-electron chi connectivity index (χ2n) is 3.52. The molecule has 0 amide bonds. The molecule has 0 heterocycles. The standard InChI is InChI=1S/C11H12F2O4/c1-5(11(15)16)7-3-6(17-2)4-8(9(7)14)10(12)13/h3-5,10,14H,1-2H3,(H,15,16). The Hall–Kier alpha value is -1.85. The van der Waals surface area contributed by atoms with Crippen LogP contribution < -0.4 is 4.74 Å². The number of carboxylic acids is 1. The summed E-state index contributed by atoms with van der Waals surface area (Å²) in [4.78, 5) is 10.8. The topological polar surface area (TPSA) is 66.8 Å². The number of hydrogen-bond donors (Lipinski definition) is 2. The summed E-state index contributed by atoms with van der Waals surface area (Å²) in [6.45, 7) is 1.30. The Balaban J connectivity index is 3.38. The fourth-order valence-corrected chi connectivity index (χ4v) is 1.40. The van der Waals surface area contributed by atoms with E-state index < -0.39 is 29.6 Å². The first-order chi connectivity index (χ1) is 7.88. The summed E-state index contributed by atoms with van der Waals surface area (Å²) < 4.78 is 30.0. The van der Waals surface area contributed by atoms with Crippen LogP contribution in [0.4, 0.5) is 8.78 Å². The third-order valence-corrected chi connectivity index (χ3v) is 2.45. The minimum Gasteiger partial charge on any atom is -0.507 e. The van der Waals surface area contributed by atoms with Crippen molar-refractivity contribution in [2.45, 2.75) is 19.3 Å². The summed E-state index contributed by atoms with van der Waals surface area (Å²) >= 11 is 0. The molecule has 1 aromatic carbocycles. The van der Waals surface area contributed by atoms with Gasteiger partial charge in [-0.2, -0.15) is 0 Å². The number of carboxylic acid groups (broad SMARTS) is 1. The molecule has 17 heavy (non-hydrogen) atoms. The minimum absolute atomic E-state index is 0.0844. The van der Waals surface area contributed by atoms with Crippen LogP contribution in [-0.4, -0.2) is 23.3 Å². The van der Waals surface area contributed by atoms with Crippen molar-refractivity contribution in [2.75, 3.05) is 7.11 Å². The monoisotopic (exact) mass is 246 g/mol. The molecule has 0 aliphatic rings. The first-order valence-electron chi connectivity index (χ1n) is 4.80. The molecule has 0 aromatic heterocycles. The lowest BCUT2D eigenvalue weighted by Gasteiger charge is -2.14. The maximum atomic E-state index is 12.6. The van der Waals surface area contributed by atoms with Crippen molar-refractivity contribution in [1.29, 1.82) is 0 Å². The van der Waals surface area contributed by atoms with E-state index in [0.717, 1.165) is 6.07 Å². The zero-order chi connectivity index (χ0) is 13.2. The quantitative estimate of drug-likeness (QED) is 0.856. The van der Waals surface area contributed by atoms with E-state index in [1.54, 1.807) is 0 Å². The zero-order valence-corrected chi connectivity index (χ0v) is 9.28. The summed E-state index contributed by atoms with van der Waals surface area (Å²) in [7, 11) is 1.27. The highest BCUT2D eigenvalue weighted by Gasteiger charge is 2.24. The first kappa shape index (κ1) is 13.2. The predicted octanol–water partition coefficient (Wildman–Crippen LogP) is 2.53. The third-order valence-electron chi connectivity index (χ3n) is 2.45. The van der Waals surface area contributed by atoms with Crippen molar-refractivity contribution >= 4 is 5.97 Å². The van der Waals surface area contributed by atoms with Gasteiger partial charge in [0.25, 0.3) is 6.43 Å². The van der Waals surface area contributed by atoms with Crippen LogP contribution in [0.3, 0.4) is 0 Å². The number of methoxy groups -OCH3 is 1. The molecule has 0 aliphatic heterocycles. The second kappa shape index (κ2) is 4.99. The summed E-state index contributed by atoms with van der Waals surface area (Å²) in [5.41, 5.74) is -0.723. The maximum absolute atomic E-state index is 12.6. The molecule has 1 aromatic rings. The number of phenolic OH excluding ortho intramolecular Hbond substituents is 1. The first-order valence-corrected chi connectivity index (χ1v) is 4.80. The van der Waals surface area contributed by atoms with Crippen LogP contribution in [0.25, 0.3) is 0 Å². The number of phenols is 1. The Bertz CT molecular complexity index is 432. The lowest BCUT2D eigenvalue weighted by molar-refractivity contribution is -0.138. The Morgan fingerprint density at radius 1 is 1.35 bits per heavy atom. The number of rotatable bonds is 4. The zero-order valence-electron chi connectivity index (χ0n) is 9.28. The number of carbonyl (C=O) groups is 1. The number of aliphatic carboxylic acids is 1. The molecule has 1 rings (SSSR count). The Morgan fingerprint density at radius 3 is 2.29 bits per heavy atom. The molecular formula is C11H12F2O4. The molecule has 0 bridgehead atoms. The molecule has 0 spiro atoms. The number of halogens is 2. The van der Waals surface area contributed by atoms with Gasteiger partial charge < -0.3 is 14.9 Å². The van der Waals surface area contributed by atoms with Crippen LogP contribution in [0.5, 0.6) is 11.5 Å². The Labute approximate surface area is 96.5 Å². The molecular weight excluding hydrogens is 234 g/mol. The van der Waals surface area contributed by atoms with Gasteiger partial charge in [-0.05, 0) is 19.1 Å². The molecule has 0 saturated heterocycles. The van der Waals surface area contributed by atoms with Crippen molar-refractivity contribution in [3.63, 3.8) is 0 Å². The van der Waals surface area contributed by atoms with Gasteiger partial charge in [-0.1, -0.05) is 0 Å². The van der Waals surface area contributed by atoms with Crippen molar-refractivity contribution in [2.24, 2.45) is 0 Å². The van der Waals surface area contributed by atoms with Crippen LogP contribution in [0.1, 0.15) is 30.4 Å². The Kier molecular flexibility index (Phi) is 3.88. The summed E-state index contributed by atoms with van der Waals surface area (Å²) in [5.74, 6) is -2.92. The number of alkyl halides is 2. The third kappa shape index (κ3) is 2.64. The molecule has 1 atom stereocenters. The molecule has 94 valence electrons. The van der Waals surface area contributed by atoms with E-state index in [4.69, 9.17) is 9.84 Å². The van der Waals surface area contributed by atoms with Crippen LogP contribution in [-0.2, 0) is 4.79 Å². The van der Waals surface area contributed by atoms with Crippen LogP contribution >= 0.6 is 0 Å². The van der Waals surface area contributed by atoms with Crippen LogP contribution in [0, 0.1) is 0 Å². The maximum Gasteiger partial charge on any atom is 0.310 e. The normalized spacial score (nSPS) is 12.5. The molecule has 0 radical (unpaired) electrons. The van der Waals surface area contributed by atoms with Crippen molar-refractivity contribution < 1.29 is 28.5 Å². The largest absolute Gasteiger partial charge is 0.507 e. The molecule has 0 fully saturated rings. The van der Waals surface area contributed by atoms with Gasteiger partial charge in [0.05, 0.1) is 18.6 Å². The molecule has 2 N–H and O–H groups in total. The second-order valence-corrected chi connectivity index (χ2v) is 3.52. The van der Waals surface area contributed by atoms with Crippen LogP contribution in [0.15, 0.2) is 12.1 Å². The van der Waals surface area contributed by atoms with Gasteiger partial charge in [-0.25, -0.2) is 8.78 Å². The molecule has 1 unspecified atom stereocenters. The van der Waals surface area contributed by atoms with Crippen molar-refractivity contribution in [3.05, 3.63) is 23.3 Å². The Morgan fingerprint density at radius 2 is 1.88 bits per heavy atom. The average Bonchev–Trinajstić information content (AvgIpc) is 2.27. The average molecular weight is 246 g/mol. The number of benzene rings is 1. The van der Waals surface area contributed by atoms with Gasteiger partial charge in [0, 0.05) is 5.56 Å². The smallest absolute Gasteiger partial charge is 0.310 e. The predicted molar refractivity (Wildman–Crippen MR) is 55.7 cm³/mol. The number of ether oxygens (including phenoxy) is 1. The summed E-state index contributed by atoms with van der Waals surface area (Å²) in [6, 6.07) is 2.22. The van der Waals surface area contributed by atoms with E-state index >= 15 is 0 Å². The van der Waals surface area contributed by atoms with E-state index in [1.165, 1.54) is 20.1 Å². The molecule has 4 nitrogen and oxygen atoms in total. The highest BCUT2D eigenvalue weighted by atomic mass is 19.3. The highest BCUT2D eigenvalue weighted by molar-refractivity contribution is 5.77. The molecule has 6 heteroatoms. The van der Waals surface area contributed by atoms with Gasteiger partial charge in [-0.3, -0.25) is 4.79 Å². The SMILES string of the molecule is COc1cc(C(F)F)c(O)c(C(C)C(=O)O)c1. The summed E-state index contributed by atoms with van der Waals surface area (Å²) in [5, 5.41) is 18.4. The van der Waals surface area contributed by atoms with Gasteiger partial charge >= 0.3 is 5.97 Å². The lowest BCUT2D eigenvalue weighted by Crippen LogP contribution is -2.08. The van der Waals surface area contributed by atoms with E-state index in [2.05, 4.69) is 0 Å². The van der Waals surface area contributed by atoms with E-state index in [1.807, 2.05) is 0 Å². The van der Waals surface area contributed by atoms with Gasteiger partial charge in [-0.15, -0.1) is 0 Å². The minimum atomic E-state index is -2.90. The number of aromatic hydroxyl groups is 1. The van der Waals surface area contributed by atoms with Gasteiger partial charge in [0.2, 0.25) is 0 Å².